The third-order valence-electron chi connectivity index (χ3n) is 4.43. The highest BCUT2D eigenvalue weighted by atomic mass is 35.5. The maximum atomic E-state index is 13.0. The van der Waals surface area contributed by atoms with Gasteiger partial charge in [0.05, 0.1) is 5.75 Å². The Labute approximate surface area is 190 Å². The summed E-state index contributed by atoms with van der Waals surface area (Å²) in [6.45, 7) is 2.11. The van der Waals surface area contributed by atoms with Crippen molar-refractivity contribution in [2.45, 2.75) is 31.7 Å². The molecule has 0 saturated heterocycles. The Bertz CT molecular complexity index is 864. The summed E-state index contributed by atoms with van der Waals surface area (Å²) < 4.78 is 0. The van der Waals surface area contributed by atoms with Gasteiger partial charge in [-0.1, -0.05) is 66.0 Å². The Morgan fingerprint density at radius 3 is 2.41 bits per heavy atom. The number of hydrogen-bond acceptors (Lipinski definition) is 3. The third kappa shape index (κ3) is 6.82. The first-order valence-corrected chi connectivity index (χ1v) is 11.4. The third-order valence-corrected chi connectivity index (χ3v) is 6.35. The minimum absolute atomic E-state index is 0.136. The molecule has 29 heavy (non-hydrogen) atoms. The molecule has 0 aromatic heterocycles. The van der Waals surface area contributed by atoms with Crippen LogP contribution in [-0.4, -0.2) is 35.6 Å². The largest absolute Gasteiger partial charge is 0.357 e. The van der Waals surface area contributed by atoms with Gasteiger partial charge < -0.3 is 10.2 Å². The fourth-order valence-corrected chi connectivity index (χ4v) is 4.53. The number of amides is 2. The van der Waals surface area contributed by atoms with Gasteiger partial charge in [-0.25, -0.2) is 0 Å². The lowest BCUT2D eigenvalue weighted by molar-refractivity contribution is -0.139. The van der Waals surface area contributed by atoms with Gasteiger partial charge in [-0.2, -0.15) is 0 Å². The molecular weight excluding hydrogens is 451 g/mol. The molecule has 2 rings (SSSR count). The Balaban J connectivity index is 2.15. The summed E-state index contributed by atoms with van der Waals surface area (Å²) in [4.78, 5) is 27.0. The second kappa shape index (κ2) is 11.7. The standard InChI is InChI=1S/C21H23Cl3N2O2S/c1-3-19(21(28)25-2)26(11-14-8-9-16(22)10-18(14)24)20(27)13-29-12-15-6-4-5-7-17(15)23/h4-10,19H,3,11-13H2,1-2H3,(H,25,28)/t19-/m0/s1. The number of halogens is 3. The summed E-state index contributed by atoms with van der Waals surface area (Å²) in [6.07, 6.45) is 0.492. The van der Waals surface area contributed by atoms with E-state index in [1.807, 2.05) is 31.2 Å². The monoisotopic (exact) mass is 472 g/mol. The lowest BCUT2D eigenvalue weighted by Gasteiger charge is -2.30. The van der Waals surface area contributed by atoms with E-state index in [-0.39, 0.29) is 24.1 Å². The van der Waals surface area contributed by atoms with E-state index in [0.717, 1.165) is 11.1 Å². The Kier molecular flexibility index (Phi) is 9.63. The number of carbonyl (C=O) groups excluding carboxylic acids is 2. The fraction of sp³-hybridized carbons (Fsp3) is 0.333. The van der Waals surface area contributed by atoms with Crippen LogP contribution in [0.2, 0.25) is 15.1 Å². The van der Waals surface area contributed by atoms with Crippen LogP contribution in [0.1, 0.15) is 24.5 Å². The SMILES string of the molecule is CC[C@@H](C(=O)NC)N(Cc1ccc(Cl)cc1Cl)C(=O)CSCc1ccccc1Cl. The first-order valence-electron chi connectivity index (χ1n) is 9.13. The van der Waals surface area contributed by atoms with Gasteiger partial charge in [0.25, 0.3) is 0 Å². The summed E-state index contributed by atoms with van der Waals surface area (Å²) in [5.74, 6) is 0.493. The van der Waals surface area contributed by atoms with Gasteiger partial charge in [0.15, 0.2) is 0 Å². The highest BCUT2D eigenvalue weighted by molar-refractivity contribution is 7.99. The van der Waals surface area contributed by atoms with Crippen LogP contribution < -0.4 is 5.32 Å². The zero-order chi connectivity index (χ0) is 21.4. The second-order valence-electron chi connectivity index (χ2n) is 6.38. The summed E-state index contributed by atoms with van der Waals surface area (Å²) in [6, 6.07) is 12.1. The van der Waals surface area contributed by atoms with Crippen molar-refractivity contribution in [3.8, 4) is 0 Å². The molecule has 156 valence electrons. The molecule has 0 aliphatic rings. The molecule has 2 aromatic carbocycles. The highest BCUT2D eigenvalue weighted by Crippen LogP contribution is 2.25. The number of likely N-dealkylation sites (N-methyl/N-ethyl adjacent to an activating group) is 1. The number of thioether (sulfide) groups is 1. The average Bonchev–Trinajstić information content (AvgIpc) is 2.70. The lowest BCUT2D eigenvalue weighted by Crippen LogP contribution is -2.48. The predicted molar refractivity (Wildman–Crippen MR) is 123 cm³/mol. The van der Waals surface area contributed by atoms with E-state index < -0.39 is 6.04 Å². The second-order valence-corrected chi connectivity index (χ2v) is 8.62. The van der Waals surface area contributed by atoms with E-state index in [9.17, 15) is 9.59 Å². The molecule has 0 spiro atoms. The summed E-state index contributed by atoms with van der Waals surface area (Å²) in [5.41, 5.74) is 1.71. The van der Waals surface area contributed by atoms with Crippen molar-refractivity contribution in [3.05, 3.63) is 68.7 Å². The molecule has 0 fully saturated rings. The van der Waals surface area contributed by atoms with E-state index in [1.165, 1.54) is 11.8 Å². The number of benzene rings is 2. The van der Waals surface area contributed by atoms with Gasteiger partial charge in [-0.15, -0.1) is 11.8 Å². The summed E-state index contributed by atoms with van der Waals surface area (Å²) >= 11 is 19.9. The fourth-order valence-electron chi connectivity index (χ4n) is 2.87. The van der Waals surface area contributed by atoms with Gasteiger partial charge in [-0.05, 0) is 35.7 Å². The van der Waals surface area contributed by atoms with Crippen LogP contribution in [0.5, 0.6) is 0 Å². The maximum Gasteiger partial charge on any atom is 0.242 e. The van der Waals surface area contributed by atoms with E-state index >= 15 is 0 Å². The van der Waals surface area contributed by atoms with Gasteiger partial charge in [0.2, 0.25) is 11.8 Å². The van der Waals surface area contributed by atoms with Gasteiger partial charge >= 0.3 is 0 Å². The Hall–Kier alpha value is -1.40. The quantitative estimate of drug-likeness (QED) is 0.528. The van der Waals surface area contributed by atoms with E-state index in [1.54, 1.807) is 30.1 Å². The molecule has 0 aliphatic carbocycles. The molecule has 0 radical (unpaired) electrons. The number of nitrogens with zero attached hydrogens (tertiary/aromatic N) is 1. The molecule has 0 unspecified atom stereocenters. The zero-order valence-corrected chi connectivity index (χ0v) is 19.3. The molecule has 0 bridgehead atoms. The van der Waals surface area contributed by atoms with Crippen molar-refractivity contribution < 1.29 is 9.59 Å². The van der Waals surface area contributed by atoms with Crippen molar-refractivity contribution in [2.75, 3.05) is 12.8 Å². The van der Waals surface area contributed by atoms with Crippen LogP contribution in [0.4, 0.5) is 0 Å². The normalized spacial score (nSPS) is 11.8. The molecule has 1 atom stereocenters. The minimum Gasteiger partial charge on any atom is -0.357 e. The first-order chi connectivity index (χ1) is 13.9. The average molecular weight is 474 g/mol. The maximum absolute atomic E-state index is 13.0. The van der Waals surface area contributed by atoms with Crippen LogP contribution in [0.25, 0.3) is 0 Å². The number of hydrogen-bond donors (Lipinski definition) is 1. The molecule has 1 N–H and O–H groups in total. The van der Waals surface area contributed by atoms with Gasteiger partial charge in [0.1, 0.15) is 6.04 Å². The van der Waals surface area contributed by atoms with Crippen LogP contribution >= 0.6 is 46.6 Å². The van der Waals surface area contributed by atoms with Gasteiger partial charge in [-0.3, -0.25) is 9.59 Å². The number of rotatable bonds is 9. The van der Waals surface area contributed by atoms with Crippen LogP contribution in [0, 0.1) is 0 Å². The van der Waals surface area contributed by atoms with Crippen LogP contribution in [0.15, 0.2) is 42.5 Å². The van der Waals surface area contributed by atoms with E-state index in [0.29, 0.717) is 27.2 Å². The zero-order valence-electron chi connectivity index (χ0n) is 16.3. The Morgan fingerprint density at radius 1 is 1.07 bits per heavy atom. The van der Waals surface area contributed by atoms with Crippen molar-refractivity contribution in [1.29, 1.82) is 0 Å². The molecular formula is C21H23Cl3N2O2S. The molecule has 4 nitrogen and oxygen atoms in total. The molecule has 0 heterocycles. The molecule has 8 heteroatoms. The van der Waals surface area contributed by atoms with Gasteiger partial charge in [0, 0.05) is 34.4 Å². The minimum atomic E-state index is -0.583. The van der Waals surface area contributed by atoms with E-state index in [2.05, 4.69) is 5.32 Å². The van der Waals surface area contributed by atoms with E-state index in [4.69, 9.17) is 34.8 Å². The predicted octanol–water partition coefficient (Wildman–Crippen LogP) is 5.43. The van der Waals surface area contributed by atoms with Crippen LogP contribution in [0.3, 0.4) is 0 Å². The molecule has 2 aromatic rings. The Morgan fingerprint density at radius 2 is 1.79 bits per heavy atom. The molecule has 0 saturated carbocycles. The topological polar surface area (TPSA) is 49.4 Å². The summed E-state index contributed by atoms with van der Waals surface area (Å²) in [5, 5.41) is 4.30. The molecule has 0 aliphatic heterocycles. The van der Waals surface area contributed by atoms with Crippen molar-refractivity contribution in [1.82, 2.24) is 10.2 Å². The number of carbonyl (C=O) groups is 2. The summed E-state index contributed by atoms with van der Waals surface area (Å²) in [7, 11) is 1.56. The first kappa shape index (κ1) is 23.9. The highest BCUT2D eigenvalue weighted by Gasteiger charge is 2.28. The van der Waals surface area contributed by atoms with Crippen molar-refractivity contribution >= 4 is 58.4 Å². The lowest BCUT2D eigenvalue weighted by atomic mass is 10.1. The van der Waals surface area contributed by atoms with Crippen molar-refractivity contribution in [3.63, 3.8) is 0 Å². The van der Waals surface area contributed by atoms with Crippen LogP contribution in [-0.2, 0) is 21.9 Å². The smallest absolute Gasteiger partial charge is 0.242 e. The van der Waals surface area contributed by atoms with Crippen molar-refractivity contribution in [2.24, 2.45) is 0 Å². The number of nitrogens with one attached hydrogen (secondary N) is 1. The molecule has 2 amide bonds.